The van der Waals surface area contributed by atoms with Crippen molar-refractivity contribution in [3.05, 3.63) is 0 Å². The number of hydrogen-bond acceptors (Lipinski definition) is 33. The molecule has 27 nitrogen and oxygen atoms in total. The summed E-state index contributed by atoms with van der Waals surface area (Å²) >= 11 is 9.20. The summed E-state index contributed by atoms with van der Waals surface area (Å²) in [5, 5.41) is 0. The largest absolute Gasteiger partial charge is 0.463 e. The molecule has 33 heteroatoms. The van der Waals surface area contributed by atoms with Crippen LogP contribution >= 0.6 is 70.6 Å². The van der Waals surface area contributed by atoms with Gasteiger partial charge in [-0.2, -0.15) is 70.6 Å². The number of ether oxygens (including phenoxy) is 12. The fraction of sp³-hybridized carbons (Fsp3) is 0.843. The molecular weight excluding hydrogens is 1460 g/mol. The van der Waals surface area contributed by atoms with Crippen LogP contribution in [-0.4, -0.2) is 322 Å². The molecule has 6 atom stereocenters. The molecule has 0 N–H and O–H groups in total. The fourth-order valence-electron chi connectivity index (χ4n) is 9.60. The second kappa shape index (κ2) is 66.3. The van der Waals surface area contributed by atoms with Crippen molar-refractivity contribution in [2.24, 2.45) is 35.5 Å². The van der Waals surface area contributed by atoms with E-state index in [0.717, 1.165) is 0 Å². The first kappa shape index (κ1) is 99.1. The molecule has 0 radical (unpaired) electrons. The molecule has 0 aliphatic heterocycles. The zero-order valence-electron chi connectivity index (χ0n) is 63.6. The third-order valence-corrected chi connectivity index (χ3v) is 20.4. The molecule has 0 aliphatic carbocycles. The molecule has 0 spiro atoms. The van der Waals surface area contributed by atoms with E-state index in [1.165, 1.54) is 58.8 Å². The normalized spacial score (nSPS) is 13.1. The predicted molar refractivity (Wildman–Crippen MR) is 409 cm³/mol. The fourth-order valence-corrected chi connectivity index (χ4v) is 13.4. The SMILES string of the molecule is CSCC(C)C(=O)OCCOCCCN(CCCN(CCCCN(CCCN(CCC(=O)OCCOC(=O)C(C)CSC)CCC(=O)OCCOC(=O)C(C)CSC)CCC(=O)OCCOC(=O)C(C)CSC)CCC(=O)OCCOC(=O)C(C)CSC)CCC(=O)OCCOC(=O)C(C)CSC. The zero-order valence-corrected chi connectivity index (χ0v) is 68.5. The molecule has 0 aromatic carbocycles. The number of rotatable bonds is 68. The van der Waals surface area contributed by atoms with E-state index < -0.39 is 29.8 Å². The van der Waals surface area contributed by atoms with Gasteiger partial charge in [-0.15, -0.1) is 0 Å². The highest BCUT2D eigenvalue weighted by Gasteiger charge is 2.22. The number of esters is 11. The first-order chi connectivity index (χ1) is 49.4. The van der Waals surface area contributed by atoms with Gasteiger partial charge < -0.3 is 76.4 Å². The maximum Gasteiger partial charge on any atom is 0.309 e. The average Bonchev–Trinajstić information content (AvgIpc) is 2.41. The molecule has 0 amide bonds. The molecule has 0 aromatic rings. The van der Waals surface area contributed by atoms with Gasteiger partial charge in [-0.1, -0.05) is 41.5 Å². The Morgan fingerprint density at radius 2 is 0.398 bits per heavy atom. The van der Waals surface area contributed by atoms with Crippen LogP contribution in [0.4, 0.5) is 0 Å². The standard InChI is InChI=1S/C70H124N4O23S6/c1-54(48-98-7)65(80)92-37-36-86-35-17-29-73(32-20-62(77)89-40-45-95-68(83)57(4)51-101-10)27-15-25-71(30-18-60(75)87-38-43-93-66(81)55(2)49-99-8)23-13-14-24-72(31-19-61(76)88-39-44-94-67(82)56(3)50-100-9)26-16-28-74(33-21-63(78)90-41-46-96-69(84)58(5)52-102-11)34-22-64(79)91-42-47-97-70(85)59(6)53-103-12/h54-59H,13-53H2,1-12H3. The predicted octanol–water partition coefficient (Wildman–Crippen LogP) is 7.08. The van der Waals surface area contributed by atoms with Crippen molar-refractivity contribution in [1.29, 1.82) is 0 Å². The van der Waals surface area contributed by atoms with E-state index in [2.05, 4.69) is 14.7 Å². The highest BCUT2D eigenvalue weighted by molar-refractivity contribution is 7.99. The Morgan fingerprint density at radius 3 is 0.612 bits per heavy atom. The number of nitrogens with zero attached hydrogens (tertiary/aromatic N) is 4. The van der Waals surface area contributed by atoms with Crippen LogP contribution in [0.25, 0.3) is 0 Å². The highest BCUT2D eigenvalue weighted by Crippen LogP contribution is 2.14. The van der Waals surface area contributed by atoms with Gasteiger partial charge in [-0.05, 0) is 109 Å². The monoisotopic (exact) mass is 1580 g/mol. The van der Waals surface area contributed by atoms with Crippen LogP contribution in [0.3, 0.4) is 0 Å². The topological polar surface area (TPSA) is 311 Å². The Kier molecular flexibility index (Phi) is 63.8. The Labute approximate surface area is 639 Å². The maximum absolute atomic E-state index is 13.2. The van der Waals surface area contributed by atoms with Gasteiger partial charge in [0.15, 0.2) is 0 Å². The van der Waals surface area contributed by atoms with Crippen molar-refractivity contribution in [3.63, 3.8) is 0 Å². The molecular formula is C70H124N4O23S6. The summed E-state index contributed by atoms with van der Waals surface area (Å²) in [6, 6.07) is 0. The molecule has 0 bridgehead atoms. The minimum atomic E-state index is -0.519. The van der Waals surface area contributed by atoms with Crippen molar-refractivity contribution in [3.8, 4) is 0 Å². The van der Waals surface area contributed by atoms with Gasteiger partial charge in [-0.25, -0.2) is 0 Å². The summed E-state index contributed by atoms with van der Waals surface area (Å²) in [5.41, 5.74) is 0. The summed E-state index contributed by atoms with van der Waals surface area (Å²) < 4.78 is 65.0. The van der Waals surface area contributed by atoms with E-state index in [1.54, 1.807) is 46.4 Å². The van der Waals surface area contributed by atoms with E-state index in [9.17, 15) is 52.7 Å². The first-order valence-electron chi connectivity index (χ1n) is 35.6. The smallest absolute Gasteiger partial charge is 0.309 e. The first-order valence-corrected chi connectivity index (χ1v) is 44.0. The molecule has 0 aromatic heterocycles. The van der Waals surface area contributed by atoms with Crippen molar-refractivity contribution >= 4 is 136 Å². The number of hydrogen-bond donors (Lipinski definition) is 0. The second-order valence-electron chi connectivity index (χ2n) is 24.7. The molecule has 598 valence electrons. The average molecular weight is 1580 g/mol. The molecule has 0 aliphatic rings. The summed E-state index contributed by atoms with van der Waals surface area (Å²) in [5.74, 6) is -2.67. The molecule has 0 rings (SSSR count). The lowest BCUT2D eigenvalue weighted by molar-refractivity contribution is -0.154. The Morgan fingerprint density at radius 1 is 0.223 bits per heavy atom. The van der Waals surface area contributed by atoms with Gasteiger partial charge in [0.2, 0.25) is 0 Å². The summed E-state index contributed by atoms with van der Waals surface area (Å²) in [7, 11) is 0. The van der Waals surface area contributed by atoms with Crippen LogP contribution in [0.1, 0.15) is 106 Å². The van der Waals surface area contributed by atoms with E-state index >= 15 is 0 Å². The lowest BCUT2D eigenvalue weighted by Gasteiger charge is -2.27. The lowest BCUT2D eigenvalue weighted by Crippen LogP contribution is -2.35. The van der Waals surface area contributed by atoms with Crippen LogP contribution in [0.2, 0.25) is 0 Å². The van der Waals surface area contributed by atoms with Crippen molar-refractivity contribution in [1.82, 2.24) is 19.6 Å². The van der Waals surface area contributed by atoms with Crippen LogP contribution in [0.15, 0.2) is 0 Å². The zero-order chi connectivity index (χ0) is 76.8. The van der Waals surface area contributed by atoms with Gasteiger partial charge in [-0.3, -0.25) is 52.7 Å². The van der Waals surface area contributed by atoms with Crippen LogP contribution in [0.5, 0.6) is 0 Å². The lowest BCUT2D eigenvalue weighted by atomic mass is 10.2. The number of unbranched alkanes of at least 4 members (excludes halogenated alkanes) is 1. The Balaban J connectivity index is 6.59. The van der Waals surface area contributed by atoms with E-state index in [4.69, 9.17) is 56.8 Å². The minimum Gasteiger partial charge on any atom is -0.463 e. The molecule has 103 heavy (non-hydrogen) atoms. The van der Waals surface area contributed by atoms with E-state index in [1.807, 2.05) is 49.4 Å². The summed E-state index contributed by atoms with van der Waals surface area (Å²) in [6.07, 6.45) is 14.6. The number of carbonyl (C=O) groups is 11. The Bertz CT molecular complexity index is 2300. The molecule has 0 heterocycles. The van der Waals surface area contributed by atoms with Gasteiger partial charge in [0.25, 0.3) is 0 Å². The number of carbonyl (C=O) groups excluding carboxylic acids is 11. The highest BCUT2D eigenvalue weighted by atomic mass is 32.2. The van der Waals surface area contributed by atoms with Crippen molar-refractivity contribution in [2.45, 2.75) is 106 Å². The maximum atomic E-state index is 13.2. The van der Waals surface area contributed by atoms with Gasteiger partial charge in [0.05, 0.1) is 74.2 Å². The Hall–Kier alpha value is -3.93. The third kappa shape index (κ3) is 56.1. The molecule has 0 fully saturated rings. The van der Waals surface area contributed by atoms with Crippen LogP contribution < -0.4 is 0 Å². The molecule has 0 saturated carbocycles. The third-order valence-electron chi connectivity index (χ3n) is 15.4. The van der Waals surface area contributed by atoms with Gasteiger partial charge in [0.1, 0.15) is 72.7 Å². The minimum absolute atomic E-state index is 0.0284. The van der Waals surface area contributed by atoms with E-state index in [-0.39, 0.29) is 196 Å². The van der Waals surface area contributed by atoms with Crippen LogP contribution in [0, 0.1) is 35.5 Å². The van der Waals surface area contributed by atoms with Gasteiger partial charge in [0, 0.05) is 80.4 Å². The van der Waals surface area contributed by atoms with E-state index in [0.29, 0.717) is 139 Å². The molecule has 6 unspecified atom stereocenters. The summed E-state index contributed by atoms with van der Waals surface area (Å²) in [4.78, 5) is 148. The molecule has 0 saturated heterocycles. The van der Waals surface area contributed by atoms with Crippen molar-refractivity contribution in [2.75, 3.05) is 236 Å². The summed E-state index contributed by atoms with van der Waals surface area (Å²) in [6.45, 7) is 15.7. The van der Waals surface area contributed by atoms with Crippen molar-refractivity contribution < 1.29 is 110 Å². The van der Waals surface area contributed by atoms with Gasteiger partial charge >= 0.3 is 65.7 Å². The van der Waals surface area contributed by atoms with Crippen LogP contribution in [-0.2, 0) is 110 Å². The number of thioether (sulfide) groups is 6. The quantitative estimate of drug-likeness (QED) is 0.0333. The second-order valence-corrected chi connectivity index (χ2v) is 30.2.